The molecule has 23 heavy (non-hydrogen) atoms. The number of methoxy groups -OCH3 is 2. The Kier molecular flexibility index (Phi) is 6.00. The first-order chi connectivity index (χ1) is 11.2. The molecule has 0 heterocycles. The third kappa shape index (κ3) is 4.23. The van der Waals surface area contributed by atoms with Gasteiger partial charge in [0.1, 0.15) is 11.5 Å². The first-order valence-electron chi connectivity index (χ1n) is 7.40. The molecule has 0 aliphatic carbocycles. The molecule has 2 N–H and O–H groups in total. The van der Waals surface area contributed by atoms with E-state index in [1.807, 2.05) is 48.5 Å². The molecule has 0 bridgehead atoms. The minimum Gasteiger partial charge on any atom is -0.497 e. The quantitative estimate of drug-likeness (QED) is 0.822. The second-order valence-corrected chi connectivity index (χ2v) is 5.05. The van der Waals surface area contributed by atoms with E-state index < -0.39 is 0 Å². The Morgan fingerprint density at radius 3 is 2.35 bits per heavy atom. The van der Waals surface area contributed by atoms with E-state index in [1.54, 1.807) is 21.3 Å². The molecule has 0 saturated carbocycles. The smallest absolute Gasteiger partial charge is 0.234 e. The molecule has 5 nitrogen and oxygen atoms in total. The van der Waals surface area contributed by atoms with E-state index in [-0.39, 0.29) is 18.5 Å². The first-order valence-corrected chi connectivity index (χ1v) is 7.40. The van der Waals surface area contributed by atoms with Gasteiger partial charge in [-0.05, 0) is 30.8 Å². The SMILES string of the molecule is CNCC(=O)N[C@@H](c1ccc(OC)cc1)c1ccccc1OC. The Morgan fingerprint density at radius 2 is 1.74 bits per heavy atom. The predicted molar refractivity (Wildman–Crippen MR) is 89.9 cm³/mol. The largest absolute Gasteiger partial charge is 0.497 e. The molecule has 2 rings (SSSR count). The summed E-state index contributed by atoms with van der Waals surface area (Å²) < 4.78 is 10.6. The molecule has 1 amide bonds. The van der Waals surface area contributed by atoms with Crippen LogP contribution in [-0.2, 0) is 4.79 Å². The lowest BCUT2D eigenvalue weighted by Crippen LogP contribution is -2.35. The van der Waals surface area contributed by atoms with Crippen LogP contribution in [0.25, 0.3) is 0 Å². The van der Waals surface area contributed by atoms with Gasteiger partial charge in [0.05, 0.1) is 26.8 Å². The normalized spacial score (nSPS) is 11.6. The second kappa shape index (κ2) is 8.19. The van der Waals surface area contributed by atoms with Gasteiger partial charge in [-0.3, -0.25) is 4.79 Å². The van der Waals surface area contributed by atoms with Crippen LogP contribution in [0, 0.1) is 0 Å². The van der Waals surface area contributed by atoms with Crippen LogP contribution in [-0.4, -0.2) is 33.7 Å². The molecule has 0 aliphatic rings. The van der Waals surface area contributed by atoms with Crippen molar-refractivity contribution in [2.75, 3.05) is 27.8 Å². The number of para-hydroxylation sites is 1. The third-order valence-electron chi connectivity index (χ3n) is 3.54. The fourth-order valence-electron chi connectivity index (χ4n) is 2.41. The van der Waals surface area contributed by atoms with Gasteiger partial charge < -0.3 is 20.1 Å². The summed E-state index contributed by atoms with van der Waals surface area (Å²) in [6.07, 6.45) is 0. The van der Waals surface area contributed by atoms with E-state index in [1.165, 1.54) is 0 Å². The van der Waals surface area contributed by atoms with Crippen molar-refractivity contribution in [3.8, 4) is 11.5 Å². The number of nitrogens with one attached hydrogen (secondary N) is 2. The minimum atomic E-state index is -0.294. The minimum absolute atomic E-state index is 0.0841. The van der Waals surface area contributed by atoms with Crippen LogP contribution in [0.3, 0.4) is 0 Å². The van der Waals surface area contributed by atoms with Crippen LogP contribution in [0.2, 0.25) is 0 Å². The molecule has 0 unspecified atom stereocenters. The zero-order valence-electron chi connectivity index (χ0n) is 13.6. The van der Waals surface area contributed by atoms with Crippen LogP contribution >= 0.6 is 0 Å². The van der Waals surface area contributed by atoms with Gasteiger partial charge in [-0.25, -0.2) is 0 Å². The average Bonchev–Trinajstić information content (AvgIpc) is 2.60. The number of amides is 1. The summed E-state index contributed by atoms with van der Waals surface area (Å²) in [5.41, 5.74) is 1.87. The van der Waals surface area contributed by atoms with Crippen molar-refractivity contribution >= 4 is 5.91 Å². The van der Waals surface area contributed by atoms with Gasteiger partial charge in [-0.1, -0.05) is 30.3 Å². The van der Waals surface area contributed by atoms with Crippen molar-refractivity contribution < 1.29 is 14.3 Å². The lowest BCUT2D eigenvalue weighted by Gasteiger charge is -2.22. The molecule has 2 aromatic rings. The van der Waals surface area contributed by atoms with Crippen LogP contribution in [0.15, 0.2) is 48.5 Å². The van der Waals surface area contributed by atoms with Gasteiger partial charge in [-0.15, -0.1) is 0 Å². The highest BCUT2D eigenvalue weighted by Gasteiger charge is 2.20. The van der Waals surface area contributed by atoms with Gasteiger partial charge in [0.25, 0.3) is 0 Å². The molecule has 0 aromatic heterocycles. The highest BCUT2D eigenvalue weighted by molar-refractivity contribution is 5.79. The van der Waals surface area contributed by atoms with Crippen LogP contribution in [0.5, 0.6) is 11.5 Å². The molecule has 0 spiro atoms. The summed E-state index contributed by atoms with van der Waals surface area (Å²) in [6, 6.07) is 15.0. The highest BCUT2D eigenvalue weighted by Crippen LogP contribution is 2.30. The number of carbonyl (C=O) groups is 1. The number of ether oxygens (including phenoxy) is 2. The summed E-state index contributed by atoms with van der Waals surface area (Å²) in [6.45, 7) is 0.252. The van der Waals surface area contributed by atoms with Crippen LogP contribution < -0.4 is 20.1 Å². The molecule has 5 heteroatoms. The molecule has 0 radical (unpaired) electrons. The van der Waals surface area contributed by atoms with Crippen LogP contribution in [0.4, 0.5) is 0 Å². The van der Waals surface area contributed by atoms with E-state index in [0.29, 0.717) is 0 Å². The Labute approximate surface area is 136 Å². The summed E-state index contributed by atoms with van der Waals surface area (Å²) >= 11 is 0. The Balaban J connectivity index is 2.39. The maximum atomic E-state index is 12.1. The fraction of sp³-hybridized carbons (Fsp3) is 0.278. The average molecular weight is 314 g/mol. The Hall–Kier alpha value is -2.53. The van der Waals surface area contributed by atoms with E-state index in [9.17, 15) is 4.79 Å². The molecule has 0 saturated heterocycles. The molecular formula is C18H22N2O3. The van der Waals surface area contributed by atoms with Gasteiger partial charge in [0, 0.05) is 5.56 Å². The maximum Gasteiger partial charge on any atom is 0.234 e. The molecule has 2 aromatic carbocycles. The molecular weight excluding hydrogens is 292 g/mol. The van der Waals surface area contributed by atoms with Gasteiger partial charge in [0.2, 0.25) is 5.91 Å². The number of rotatable bonds is 7. The number of hydrogen-bond acceptors (Lipinski definition) is 4. The Morgan fingerprint density at radius 1 is 1.04 bits per heavy atom. The second-order valence-electron chi connectivity index (χ2n) is 5.05. The molecule has 0 aliphatic heterocycles. The van der Waals surface area contributed by atoms with Crippen molar-refractivity contribution in [1.29, 1.82) is 0 Å². The van der Waals surface area contributed by atoms with E-state index in [2.05, 4.69) is 10.6 Å². The van der Waals surface area contributed by atoms with Crippen molar-refractivity contribution in [2.24, 2.45) is 0 Å². The zero-order chi connectivity index (χ0) is 16.7. The van der Waals surface area contributed by atoms with Crippen molar-refractivity contribution in [2.45, 2.75) is 6.04 Å². The van der Waals surface area contributed by atoms with Gasteiger partial charge in [0.15, 0.2) is 0 Å². The van der Waals surface area contributed by atoms with Crippen molar-refractivity contribution in [3.05, 3.63) is 59.7 Å². The zero-order valence-corrected chi connectivity index (χ0v) is 13.6. The summed E-state index contributed by atoms with van der Waals surface area (Å²) in [4.78, 5) is 12.1. The van der Waals surface area contributed by atoms with Gasteiger partial charge in [-0.2, -0.15) is 0 Å². The topological polar surface area (TPSA) is 59.6 Å². The summed E-state index contributed by atoms with van der Waals surface area (Å²) in [5, 5.41) is 5.90. The van der Waals surface area contributed by atoms with Gasteiger partial charge >= 0.3 is 0 Å². The summed E-state index contributed by atoms with van der Waals surface area (Å²) in [5.74, 6) is 1.42. The van der Waals surface area contributed by atoms with Crippen molar-refractivity contribution in [3.63, 3.8) is 0 Å². The summed E-state index contributed by atoms with van der Waals surface area (Å²) in [7, 11) is 4.99. The standard InChI is InChI=1S/C18H22N2O3/c1-19-12-17(21)20-18(13-8-10-14(22-2)11-9-13)15-6-4-5-7-16(15)23-3/h4-11,18-19H,12H2,1-3H3,(H,20,21)/t18-/m0/s1. The van der Waals surface area contributed by atoms with Crippen LogP contribution in [0.1, 0.15) is 17.2 Å². The number of benzene rings is 2. The van der Waals surface area contributed by atoms with E-state index >= 15 is 0 Å². The fourth-order valence-corrected chi connectivity index (χ4v) is 2.41. The van der Waals surface area contributed by atoms with E-state index in [0.717, 1.165) is 22.6 Å². The maximum absolute atomic E-state index is 12.1. The monoisotopic (exact) mass is 314 g/mol. The molecule has 122 valence electrons. The predicted octanol–water partition coefficient (Wildman–Crippen LogP) is 2.13. The lowest BCUT2D eigenvalue weighted by atomic mass is 9.97. The number of hydrogen-bond donors (Lipinski definition) is 2. The highest BCUT2D eigenvalue weighted by atomic mass is 16.5. The number of carbonyl (C=O) groups excluding carboxylic acids is 1. The number of likely N-dealkylation sites (N-methyl/N-ethyl adjacent to an activating group) is 1. The Bertz CT molecular complexity index is 641. The van der Waals surface area contributed by atoms with Crippen molar-refractivity contribution in [1.82, 2.24) is 10.6 Å². The lowest BCUT2D eigenvalue weighted by molar-refractivity contribution is -0.120. The molecule has 0 fully saturated rings. The third-order valence-corrected chi connectivity index (χ3v) is 3.54. The van der Waals surface area contributed by atoms with E-state index in [4.69, 9.17) is 9.47 Å². The molecule has 1 atom stereocenters. The first kappa shape index (κ1) is 16.8.